The van der Waals surface area contributed by atoms with E-state index in [2.05, 4.69) is 67.4 Å². The molecule has 4 heteroatoms. The highest BCUT2D eigenvalue weighted by atomic mass is 35.5. The summed E-state index contributed by atoms with van der Waals surface area (Å²) in [5.41, 5.74) is 1.38. The Labute approximate surface area is 153 Å². The van der Waals surface area contributed by atoms with Gasteiger partial charge in [-0.1, -0.05) is 36.4 Å². The Morgan fingerprint density at radius 2 is 1.92 bits per heavy atom. The van der Waals surface area contributed by atoms with Crippen molar-refractivity contribution in [2.75, 3.05) is 13.6 Å². The molecule has 2 aromatic carbocycles. The lowest BCUT2D eigenvalue weighted by Crippen LogP contribution is -2.18. The fraction of sp³-hybridized carbons (Fsp3) is 0.300. The highest BCUT2D eigenvalue weighted by molar-refractivity contribution is 7.12. The molecule has 1 atom stereocenters. The summed E-state index contributed by atoms with van der Waals surface area (Å²) in [6.45, 7) is 4.29. The van der Waals surface area contributed by atoms with Gasteiger partial charge in [0.1, 0.15) is 11.9 Å². The molecule has 0 radical (unpaired) electrons. The standard InChI is InChI=1S/C20H21NOS.ClH/c1-14-12-17-19(10-11-21(2)13-20(17)23-14)22-18-9-5-7-15-6-3-4-8-16(15)18;/h3-9,12,19H,10-11,13H2,1-2H3;1H. The summed E-state index contributed by atoms with van der Waals surface area (Å²) in [4.78, 5) is 5.21. The molecule has 0 N–H and O–H groups in total. The summed E-state index contributed by atoms with van der Waals surface area (Å²) in [6.07, 6.45) is 1.17. The van der Waals surface area contributed by atoms with Crippen LogP contribution in [0.5, 0.6) is 5.75 Å². The molecule has 1 aliphatic rings. The summed E-state index contributed by atoms with van der Waals surface area (Å²) in [6, 6.07) is 17.1. The lowest BCUT2D eigenvalue weighted by molar-refractivity contribution is 0.185. The molecule has 126 valence electrons. The molecule has 0 saturated heterocycles. The Hall–Kier alpha value is -1.55. The number of hydrogen-bond acceptors (Lipinski definition) is 3. The van der Waals surface area contributed by atoms with Crippen LogP contribution in [0.4, 0.5) is 0 Å². The van der Waals surface area contributed by atoms with Crippen LogP contribution in [0.25, 0.3) is 10.8 Å². The van der Waals surface area contributed by atoms with Gasteiger partial charge in [0.25, 0.3) is 0 Å². The number of halogens is 1. The van der Waals surface area contributed by atoms with E-state index in [1.165, 1.54) is 26.1 Å². The SMILES string of the molecule is Cc1cc2c(s1)CN(C)CCC2Oc1cccc2ccccc12.Cl. The number of ether oxygens (including phenoxy) is 1. The van der Waals surface area contributed by atoms with Crippen LogP contribution in [-0.2, 0) is 6.54 Å². The third kappa shape index (κ3) is 3.30. The molecule has 3 aromatic rings. The summed E-state index contributed by atoms with van der Waals surface area (Å²) in [5, 5.41) is 2.43. The third-order valence-corrected chi connectivity index (χ3v) is 5.57. The van der Waals surface area contributed by atoms with Crippen molar-refractivity contribution in [3.8, 4) is 5.75 Å². The van der Waals surface area contributed by atoms with Crippen LogP contribution in [0.3, 0.4) is 0 Å². The predicted molar refractivity (Wildman–Crippen MR) is 105 cm³/mol. The smallest absolute Gasteiger partial charge is 0.128 e. The van der Waals surface area contributed by atoms with Gasteiger partial charge in [0, 0.05) is 40.2 Å². The molecular formula is C20H22ClNOS. The van der Waals surface area contributed by atoms with Gasteiger partial charge in [0.05, 0.1) is 0 Å². The second-order valence-electron chi connectivity index (χ2n) is 6.35. The van der Waals surface area contributed by atoms with Gasteiger partial charge in [-0.3, -0.25) is 0 Å². The molecule has 4 rings (SSSR count). The maximum Gasteiger partial charge on any atom is 0.128 e. The van der Waals surface area contributed by atoms with E-state index in [9.17, 15) is 0 Å². The van der Waals surface area contributed by atoms with Crippen LogP contribution in [0.1, 0.15) is 27.8 Å². The van der Waals surface area contributed by atoms with Crippen molar-refractivity contribution in [1.29, 1.82) is 0 Å². The number of rotatable bonds is 2. The average molecular weight is 360 g/mol. The molecule has 0 aliphatic carbocycles. The molecule has 0 amide bonds. The zero-order valence-electron chi connectivity index (χ0n) is 14.0. The van der Waals surface area contributed by atoms with Gasteiger partial charge in [0.2, 0.25) is 0 Å². The van der Waals surface area contributed by atoms with Crippen LogP contribution in [0.15, 0.2) is 48.5 Å². The van der Waals surface area contributed by atoms with E-state index in [4.69, 9.17) is 4.74 Å². The molecule has 2 heterocycles. The maximum absolute atomic E-state index is 6.52. The number of hydrogen-bond donors (Lipinski definition) is 0. The number of fused-ring (bicyclic) bond motifs is 2. The lowest BCUT2D eigenvalue weighted by atomic mass is 10.1. The fourth-order valence-corrected chi connectivity index (χ4v) is 4.54. The maximum atomic E-state index is 6.52. The van der Waals surface area contributed by atoms with Gasteiger partial charge in [0.15, 0.2) is 0 Å². The van der Waals surface area contributed by atoms with Crippen molar-refractivity contribution in [2.45, 2.75) is 26.0 Å². The number of aryl methyl sites for hydroxylation is 1. The van der Waals surface area contributed by atoms with Crippen LogP contribution >= 0.6 is 23.7 Å². The van der Waals surface area contributed by atoms with E-state index in [1.54, 1.807) is 0 Å². The summed E-state index contributed by atoms with van der Waals surface area (Å²) >= 11 is 1.90. The number of thiophene rings is 1. The van der Waals surface area contributed by atoms with Crippen LogP contribution < -0.4 is 4.74 Å². The van der Waals surface area contributed by atoms with Crippen molar-refractivity contribution in [2.24, 2.45) is 0 Å². The molecule has 0 fully saturated rings. The summed E-state index contributed by atoms with van der Waals surface area (Å²) in [7, 11) is 2.19. The Kier molecular flexibility index (Phi) is 5.14. The predicted octanol–water partition coefficient (Wildman–Crippen LogP) is 5.59. The number of benzene rings is 2. The molecule has 0 saturated carbocycles. The Morgan fingerprint density at radius 1 is 1.12 bits per heavy atom. The molecule has 1 unspecified atom stereocenters. The second kappa shape index (κ2) is 7.14. The van der Waals surface area contributed by atoms with Gasteiger partial charge in [-0.15, -0.1) is 23.7 Å². The van der Waals surface area contributed by atoms with Crippen LogP contribution in [-0.4, -0.2) is 18.5 Å². The van der Waals surface area contributed by atoms with Crippen molar-refractivity contribution in [3.63, 3.8) is 0 Å². The first-order valence-electron chi connectivity index (χ1n) is 8.13. The second-order valence-corrected chi connectivity index (χ2v) is 7.69. The fourth-order valence-electron chi connectivity index (χ4n) is 3.37. The van der Waals surface area contributed by atoms with Crippen molar-refractivity contribution in [1.82, 2.24) is 4.90 Å². The van der Waals surface area contributed by atoms with Crippen molar-refractivity contribution >= 4 is 34.5 Å². The van der Waals surface area contributed by atoms with Gasteiger partial charge in [-0.05, 0) is 31.5 Å². The van der Waals surface area contributed by atoms with Crippen molar-refractivity contribution < 1.29 is 4.74 Å². The summed E-state index contributed by atoms with van der Waals surface area (Å²) in [5.74, 6) is 0.993. The quantitative estimate of drug-likeness (QED) is 0.591. The van der Waals surface area contributed by atoms with Gasteiger partial charge >= 0.3 is 0 Å². The van der Waals surface area contributed by atoms with E-state index < -0.39 is 0 Å². The highest BCUT2D eigenvalue weighted by Crippen LogP contribution is 2.37. The largest absolute Gasteiger partial charge is 0.485 e. The van der Waals surface area contributed by atoms with E-state index in [0.717, 1.165) is 25.3 Å². The molecule has 0 bridgehead atoms. The monoisotopic (exact) mass is 359 g/mol. The summed E-state index contributed by atoms with van der Waals surface area (Å²) < 4.78 is 6.52. The minimum absolute atomic E-state index is 0. The molecule has 0 spiro atoms. The normalized spacial score (nSPS) is 17.8. The average Bonchev–Trinajstić information content (AvgIpc) is 2.85. The topological polar surface area (TPSA) is 12.5 Å². The Bertz CT molecular complexity index is 839. The first-order chi connectivity index (χ1) is 11.2. The van der Waals surface area contributed by atoms with Gasteiger partial charge in [-0.2, -0.15) is 0 Å². The molecule has 2 nitrogen and oxygen atoms in total. The van der Waals surface area contributed by atoms with Crippen molar-refractivity contribution in [3.05, 3.63) is 63.8 Å². The van der Waals surface area contributed by atoms with E-state index in [0.29, 0.717) is 0 Å². The third-order valence-electron chi connectivity index (χ3n) is 4.52. The Balaban J connectivity index is 0.00000169. The molecular weight excluding hydrogens is 338 g/mol. The van der Waals surface area contributed by atoms with Crippen LogP contribution in [0, 0.1) is 6.92 Å². The van der Waals surface area contributed by atoms with Crippen LogP contribution in [0.2, 0.25) is 0 Å². The van der Waals surface area contributed by atoms with E-state index >= 15 is 0 Å². The first kappa shape index (κ1) is 17.3. The zero-order valence-corrected chi connectivity index (χ0v) is 15.6. The van der Waals surface area contributed by atoms with E-state index in [-0.39, 0.29) is 18.5 Å². The minimum atomic E-state index is 0. The van der Waals surface area contributed by atoms with E-state index in [1.807, 2.05) is 11.3 Å². The molecule has 24 heavy (non-hydrogen) atoms. The lowest BCUT2D eigenvalue weighted by Gasteiger charge is -2.19. The highest BCUT2D eigenvalue weighted by Gasteiger charge is 2.24. The minimum Gasteiger partial charge on any atom is -0.485 e. The Morgan fingerprint density at radius 3 is 2.79 bits per heavy atom. The number of nitrogens with zero attached hydrogens (tertiary/aromatic N) is 1. The zero-order chi connectivity index (χ0) is 15.8. The van der Waals surface area contributed by atoms with Gasteiger partial charge < -0.3 is 9.64 Å². The molecule has 1 aliphatic heterocycles. The van der Waals surface area contributed by atoms with Gasteiger partial charge in [-0.25, -0.2) is 0 Å². The first-order valence-corrected chi connectivity index (χ1v) is 8.94. The molecule has 1 aromatic heterocycles.